The second-order valence-corrected chi connectivity index (χ2v) is 7.25. The summed E-state index contributed by atoms with van der Waals surface area (Å²) >= 11 is 0. The number of benzene rings is 2. The Balaban J connectivity index is 1.80. The Bertz CT molecular complexity index is 1100. The Kier molecular flexibility index (Phi) is 4.47. The lowest BCUT2D eigenvalue weighted by atomic mass is 10.0. The zero-order chi connectivity index (χ0) is 19.8. The van der Waals surface area contributed by atoms with Crippen LogP contribution in [0.25, 0.3) is 11.3 Å². The summed E-state index contributed by atoms with van der Waals surface area (Å²) in [6.45, 7) is 3.91. The predicted molar refractivity (Wildman–Crippen MR) is 112 cm³/mol. The lowest BCUT2D eigenvalue weighted by Gasteiger charge is -2.18. The highest BCUT2D eigenvalue weighted by molar-refractivity contribution is 6.17. The molecule has 4 rings (SSSR count). The van der Waals surface area contributed by atoms with Gasteiger partial charge in [-0.05, 0) is 43.2 Å². The third kappa shape index (κ3) is 3.41. The molecular weight excluding hydrogens is 352 g/mol. The number of hydrogen-bond donors (Lipinski definition) is 1. The van der Waals surface area contributed by atoms with Gasteiger partial charge in [-0.1, -0.05) is 23.4 Å². The molecule has 1 aliphatic rings. The van der Waals surface area contributed by atoms with Gasteiger partial charge in [0.2, 0.25) is 5.91 Å². The van der Waals surface area contributed by atoms with Gasteiger partial charge in [0.25, 0.3) is 0 Å². The molecule has 28 heavy (non-hydrogen) atoms. The van der Waals surface area contributed by atoms with Crippen LogP contribution in [-0.2, 0) is 4.79 Å². The highest BCUT2D eigenvalue weighted by atomic mass is 16.5. The Labute approximate surface area is 163 Å². The Morgan fingerprint density at radius 3 is 2.57 bits per heavy atom. The molecule has 6 heteroatoms. The number of aryl methyl sites for hydroxylation is 2. The summed E-state index contributed by atoms with van der Waals surface area (Å²) in [6.07, 6.45) is 0.212. The first-order chi connectivity index (χ1) is 13.4. The lowest BCUT2D eigenvalue weighted by Crippen LogP contribution is -2.15. The van der Waals surface area contributed by atoms with Gasteiger partial charge >= 0.3 is 0 Å². The van der Waals surface area contributed by atoms with Gasteiger partial charge in [-0.25, -0.2) is 0 Å². The van der Waals surface area contributed by atoms with Crippen LogP contribution in [0.2, 0.25) is 0 Å². The maximum Gasteiger partial charge on any atom is 0.230 e. The number of carbonyl (C=O) groups is 1. The minimum atomic E-state index is -0.0737. The molecule has 0 saturated carbocycles. The van der Waals surface area contributed by atoms with E-state index in [0.29, 0.717) is 5.76 Å². The second kappa shape index (κ2) is 6.96. The number of aliphatic imine (C=N–C) groups is 1. The fraction of sp³-hybridized carbons (Fsp3) is 0.227. The normalized spacial score (nSPS) is 13.4. The van der Waals surface area contributed by atoms with E-state index >= 15 is 0 Å². The molecular formula is C22H22N4O2. The third-order valence-electron chi connectivity index (χ3n) is 4.76. The van der Waals surface area contributed by atoms with Crippen LogP contribution >= 0.6 is 0 Å². The van der Waals surface area contributed by atoms with Crippen LogP contribution < -0.4 is 10.2 Å². The molecule has 0 unspecified atom stereocenters. The SMILES string of the molecule is Cc1cc(-c2cccc(C3=Nc4cc(N(C)C)c(C)cc4NC(=O)C3)c2)on1. The Morgan fingerprint density at radius 1 is 1.07 bits per heavy atom. The van der Waals surface area contributed by atoms with Crippen molar-refractivity contribution in [1.82, 2.24) is 5.16 Å². The van der Waals surface area contributed by atoms with Crippen molar-refractivity contribution in [3.8, 4) is 11.3 Å². The molecule has 0 atom stereocenters. The molecule has 2 heterocycles. The molecule has 0 saturated heterocycles. The van der Waals surface area contributed by atoms with Crippen LogP contribution in [-0.4, -0.2) is 30.9 Å². The summed E-state index contributed by atoms with van der Waals surface area (Å²) in [4.78, 5) is 19.4. The molecule has 6 nitrogen and oxygen atoms in total. The quantitative estimate of drug-likeness (QED) is 0.733. The number of amides is 1. The number of nitrogens with zero attached hydrogens (tertiary/aromatic N) is 3. The summed E-state index contributed by atoms with van der Waals surface area (Å²) in [6, 6.07) is 13.7. The van der Waals surface area contributed by atoms with Crippen molar-refractivity contribution in [1.29, 1.82) is 0 Å². The zero-order valence-corrected chi connectivity index (χ0v) is 16.4. The number of nitrogens with one attached hydrogen (secondary N) is 1. The minimum absolute atomic E-state index is 0.0737. The molecule has 0 aliphatic carbocycles. The average molecular weight is 374 g/mol. The fourth-order valence-corrected chi connectivity index (χ4v) is 3.41. The molecule has 1 aliphatic heterocycles. The smallest absolute Gasteiger partial charge is 0.230 e. The topological polar surface area (TPSA) is 70.7 Å². The van der Waals surface area contributed by atoms with Crippen molar-refractivity contribution in [2.45, 2.75) is 20.3 Å². The largest absolute Gasteiger partial charge is 0.377 e. The third-order valence-corrected chi connectivity index (χ3v) is 4.76. The van der Waals surface area contributed by atoms with E-state index in [1.165, 1.54) is 0 Å². The predicted octanol–water partition coefficient (Wildman–Crippen LogP) is 4.49. The molecule has 0 bridgehead atoms. The van der Waals surface area contributed by atoms with Crippen LogP contribution in [0.15, 0.2) is 52.0 Å². The van der Waals surface area contributed by atoms with E-state index in [9.17, 15) is 4.79 Å². The second-order valence-electron chi connectivity index (χ2n) is 7.25. The summed E-state index contributed by atoms with van der Waals surface area (Å²) in [5.74, 6) is 0.624. The fourth-order valence-electron chi connectivity index (χ4n) is 3.41. The van der Waals surface area contributed by atoms with Crippen molar-refractivity contribution in [3.05, 3.63) is 59.3 Å². The number of hydrogen-bond acceptors (Lipinski definition) is 5. The number of carbonyl (C=O) groups excluding carboxylic acids is 1. The maximum atomic E-state index is 12.5. The maximum absolute atomic E-state index is 12.5. The zero-order valence-electron chi connectivity index (χ0n) is 16.4. The van der Waals surface area contributed by atoms with Crippen molar-refractivity contribution in [2.24, 2.45) is 4.99 Å². The highest BCUT2D eigenvalue weighted by Gasteiger charge is 2.19. The molecule has 0 radical (unpaired) electrons. The van der Waals surface area contributed by atoms with Crippen LogP contribution in [0.4, 0.5) is 17.1 Å². The van der Waals surface area contributed by atoms with Gasteiger partial charge in [0.15, 0.2) is 5.76 Å². The summed E-state index contributed by atoms with van der Waals surface area (Å²) in [7, 11) is 4.00. The van der Waals surface area contributed by atoms with Crippen LogP contribution in [0.1, 0.15) is 23.2 Å². The van der Waals surface area contributed by atoms with E-state index < -0.39 is 0 Å². The Morgan fingerprint density at radius 2 is 1.86 bits per heavy atom. The van der Waals surface area contributed by atoms with Crippen LogP contribution in [0, 0.1) is 13.8 Å². The van der Waals surface area contributed by atoms with E-state index in [0.717, 1.165) is 45.2 Å². The molecule has 2 aromatic carbocycles. The van der Waals surface area contributed by atoms with Crippen molar-refractivity contribution in [3.63, 3.8) is 0 Å². The van der Waals surface area contributed by atoms with Crippen molar-refractivity contribution < 1.29 is 9.32 Å². The van der Waals surface area contributed by atoms with Crippen molar-refractivity contribution >= 4 is 28.7 Å². The number of anilines is 2. The summed E-state index contributed by atoms with van der Waals surface area (Å²) in [5, 5.41) is 6.93. The molecule has 0 fully saturated rings. The van der Waals surface area contributed by atoms with Crippen LogP contribution in [0.3, 0.4) is 0 Å². The van der Waals surface area contributed by atoms with E-state index in [2.05, 4.69) is 10.5 Å². The van der Waals surface area contributed by atoms with Gasteiger partial charge in [-0.15, -0.1) is 0 Å². The van der Waals surface area contributed by atoms with E-state index in [1.54, 1.807) is 0 Å². The molecule has 3 aromatic rings. The molecule has 0 spiro atoms. The van der Waals surface area contributed by atoms with E-state index in [4.69, 9.17) is 9.52 Å². The molecule has 1 amide bonds. The molecule has 1 N–H and O–H groups in total. The van der Waals surface area contributed by atoms with Crippen LogP contribution in [0.5, 0.6) is 0 Å². The Hall–Kier alpha value is -3.41. The number of aromatic nitrogens is 1. The van der Waals surface area contributed by atoms with Gasteiger partial charge in [-0.2, -0.15) is 0 Å². The van der Waals surface area contributed by atoms with Gasteiger partial charge in [-0.3, -0.25) is 9.79 Å². The first kappa shape index (κ1) is 18.0. The first-order valence-corrected chi connectivity index (χ1v) is 9.14. The average Bonchev–Trinajstić information content (AvgIpc) is 3.01. The summed E-state index contributed by atoms with van der Waals surface area (Å²) in [5.41, 5.74) is 7.01. The van der Waals surface area contributed by atoms with Crippen molar-refractivity contribution in [2.75, 3.05) is 24.3 Å². The number of fused-ring (bicyclic) bond motifs is 1. The number of rotatable bonds is 3. The standard InChI is InChI=1S/C22H22N4O2/c1-13-8-18-19(11-20(13)26(3)4)23-17(12-22(27)24-18)15-6-5-7-16(10-15)21-9-14(2)25-28-21/h5-11H,12H2,1-4H3,(H,24,27). The lowest BCUT2D eigenvalue weighted by molar-refractivity contribution is -0.115. The van der Waals surface area contributed by atoms with Gasteiger partial charge in [0, 0.05) is 31.4 Å². The van der Waals surface area contributed by atoms with Gasteiger partial charge in [0.1, 0.15) is 0 Å². The monoisotopic (exact) mass is 374 g/mol. The first-order valence-electron chi connectivity index (χ1n) is 9.14. The molecule has 1 aromatic heterocycles. The molecule has 142 valence electrons. The summed E-state index contributed by atoms with van der Waals surface area (Å²) < 4.78 is 5.38. The highest BCUT2D eigenvalue weighted by Crippen LogP contribution is 2.35. The van der Waals surface area contributed by atoms with Gasteiger partial charge < -0.3 is 14.7 Å². The van der Waals surface area contributed by atoms with E-state index in [-0.39, 0.29) is 12.3 Å². The minimum Gasteiger partial charge on any atom is -0.377 e. The van der Waals surface area contributed by atoms with Gasteiger partial charge in [0.05, 0.1) is 29.2 Å². The van der Waals surface area contributed by atoms with E-state index in [1.807, 2.05) is 75.3 Å².